The van der Waals surface area contributed by atoms with E-state index in [2.05, 4.69) is 10.1 Å². The maximum Gasteiger partial charge on any atom is 0.344 e. The zero-order valence-corrected chi connectivity index (χ0v) is 21.4. The Bertz CT molecular complexity index is 1390. The van der Waals surface area contributed by atoms with Gasteiger partial charge in [-0.1, -0.05) is 60.1 Å². The number of benzene rings is 3. The Morgan fingerprint density at radius 2 is 1.73 bits per heavy atom. The Morgan fingerprint density at radius 3 is 2.38 bits per heavy atom. The van der Waals surface area contributed by atoms with Crippen LogP contribution in [0.4, 0.5) is 0 Å². The van der Waals surface area contributed by atoms with Gasteiger partial charge in [-0.3, -0.25) is 0 Å². The van der Waals surface area contributed by atoms with Crippen LogP contribution in [-0.4, -0.2) is 27.9 Å². The van der Waals surface area contributed by atoms with Crippen LogP contribution in [0.3, 0.4) is 0 Å². The third-order valence-electron chi connectivity index (χ3n) is 5.96. The fourth-order valence-electron chi connectivity index (χ4n) is 3.80. The second-order valence-corrected chi connectivity index (χ2v) is 8.80. The van der Waals surface area contributed by atoms with Gasteiger partial charge in [0.1, 0.15) is 22.9 Å². The number of carboxylic acids is 1. The highest BCUT2D eigenvalue weighted by atomic mass is 16.6. The molecule has 0 aliphatic rings. The van der Waals surface area contributed by atoms with Gasteiger partial charge >= 0.3 is 5.97 Å². The lowest BCUT2D eigenvalue weighted by molar-refractivity contribution is -0.145. The van der Waals surface area contributed by atoms with Crippen LogP contribution in [0.1, 0.15) is 47.1 Å². The maximum absolute atomic E-state index is 11.4. The van der Waals surface area contributed by atoms with Crippen molar-refractivity contribution in [2.45, 2.75) is 46.8 Å². The lowest BCUT2D eigenvalue weighted by atomic mass is 10.0. The molecular formula is C30H30N2O5. The fourth-order valence-corrected chi connectivity index (χ4v) is 3.80. The van der Waals surface area contributed by atoms with E-state index < -0.39 is 12.1 Å². The summed E-state index contributed by atoms with van der Waals surface area (Å²) in [6.45, 7) is 7.69. The minimum absolute atomic E-state index is 0.147. The van der Waals surface area contributed by atoms with Crippen LogP contribution >= 0.6 is 0 Å². The number of aromatic nitrogens is 1. The topological polar surface area (TPSA) is 94.2 Å². The molecule has 3 aromatic carbocycles. The lowest BCUT2D eigenvalue weighted by Gasteiger charge is -2.16. The van der Waals surface area contributed by atoms with Crippen LogP contribution in [0.15, 0.2) is 82.4 Å². The van der Waals surface area contributed by atoms with E-state index in [0.717, 1.165) is 22.3 Å². The predicted octanol–water partition coefficient (Wildman–Crippen LogP) is 6.48. The van der Waals surface area contributed by atoms with E-state index in [1.54, 1.807) is 13.0 Å². The molecule has 0 spiro atoms. The third-order valence-corrected chi connectivity index (χ3v) is 5.96. The smallest absolute Gasteiger partial charge is 0.344 e. The van der Waals surface area contributed by atoms with E-state index in [4.69, 9.17) is 14.0 Å². The van der Waals surface area contributed by atoms with Crippen molar-refractivity contribution in [1.29, 1.82) is 0 Å². The number of rotatable bonds is 10. The first kappa shape index (κ1) is 25.7. The number of oxime groups is 1. The van der Waals surface area contributed by atoms with Crippen molar-refractivity contribution >= 4 is 11.7 Å². The molecule has 190 valence electrons. The quantitative estimate of drug-likeness (QED) is 0.199. The number of oxazole rings is 1. The van der Waals surface area contributed by atoms with Crippen LogP contribution < -0.4 is 4.74 Å². The first-order valence-corrected chi connectivity index (χ1v) is 12.1. The van der Waals surface area contributed by atoms with Gasteiger partial charge in [0.15, 0.2) is 12.7 Å². The van der Waals surface area contributed by atoms with Gasteiger partial charge in [-0.2, -0.15) is 0 Å². The monoisotopic (exact) mass is 498 g/mol. The molecular weight excluding hydrogens is 468 g/mol. The molecule has 37 heavy (non-hydrogen) atoms. The molecule has 4 aromatic rings. The van der Waals surface area contributed by atoms with Crippen molar-refractivity contribution in [3.05, 3.63) is 107 Å². The predicted molar refractivity (Wildman–Crippen MR) is 142 cm³/mol. The molecule has 0 bridgehead atoms. The molecule has 0 radical (unpaired) electrons. The average Bonchev–Trinajstić information content (AvgIpc) is 3.26. The summed E-state index contributed by atoms with van der Waals surface area (Å²) in [4.78, 5) is 21.8. The van der Waals surface area contributed by atoms with E-state index in [9.17, 15) is 9.90 Å². The number of carbonyl (C=O) groups is 1. The van der Waals surface area contributed by atoms with Gasteiger partial charge in [-0.25, -0.2) is 9.78 Å². The van der Waals surface area contributed by atoms with Crippen molar-refractivity contribution in [1.82, 2.24) is 4.98 Å². The molecule has 7 nitrogen and oxygen atoms in total. The van der Waals surface area contributed by atoms with Crippen LogP contribution in [-0.2, 0) is 16.2 Å². The Balaban J connectivity index is 1.57. The minimum Gasteiger partial charge on any atom is -0.479 e. The summed E-state index contributed by atoms with van der Waals surface area (Å²) in [5, 5.41) is 13.8. The van der Waals surface area contributed by atoms with Gasteiger partial charge in [-0.05, 0) is 63.1 Å². The Morgan fingerprint density at radius 1 is 1.00 bits per heavy atom. The van der Waals surface area contributed by atoms with Crippen molar-refractivity contribution in [3.8, 4) is 17.2 Å². The molecule has 1 N–H and O–H groups in total. The Kier molecular flexibility index (Phi) is 8.03. The van der Waals surface area contributed by atoms with Gasteiger partial charge in [0.2, 0.25) is 5.89 Å². The molecule has 1 unspecified atom stereocenters. The van der Waals surface area contributed by atoms with Crippen LogP contribution in [0.5, 0.6) is 5.75 Å². The fraction of sp³-hybridized carbons (Fsp3) is 0.233. The number of nitrogens with zero attached hydrogens (tertiary/aromatic N) is 2. The Labute approximate surface area is 216 Å². The summed E-state index contributed by atoms with van der Waals surface area (Å²) in [7, 11) is 0. The zero-order chi connectivity index (χ0) is 26.4. The lowest BCUT2D eigenvalue weighted by Crippen LogP contribution is -2.26. The summed E-state index contributed by atoms with van der Waals surface area (Å²) in [6, 6.07) is 23.2. The zero-order valence-electron chi connectivity index (χ0n) is 21.4. The summed E-state index contributed by atoms with van der Waals surface area (Å²) in [5.74, 6) is 0.752. The minimum atomic E-state index is -0.986. The molecule has 1 atom stereocenters. The van der Waals surface area contributed by atoms with E-state index in [1.807, 2.05) is 87.5 Å². The van der Waals surface area contributed by atoms with Crippen molar-refractivity contribution < 1.29 is 23.9 Å². The number of aryl methyl sites for hydroxylation is 3. The molecule has 7 heteroatoms. The van der Waals surface area contributed by atoms with Crippen LogP contribution in [0.2, 0.25) is 0 Å². The molecule has 4 rings (SSSR count). The van der Waals surface area contributed by atoms with Gasteiger partial charge < -0.3 is 19.1 Å². The van der Waals surface area contributed by atoms with Gasteiger partial charge in [0, 0.05) is 16.7 Å². The first-order chi connectivity index (χ1) is 17.9. The van der Waals surface area contributed by atoms with Gasteiger partial charge in [-0.15, -0.1) is 0 Å². The average molecular weight is 499 g/mol. The molecule has 0 amide bonds. The van der Waals surface area contributed by atoms with Crippen molar-refractivity contribution in [3.63, 3.8) is 0 Å². The Hall–Kier alpha value is -4.39. The SMILES string of the molecule is CCC(Oc1ccc(C(=NOCc2nc(-c3ccc(C)cc3)oc2C)c2ccccc2)cc1C)C(=O)O. The maximum atomic E-state index is 11.4. The second-order valence-electron chi connectivity index (χ2n) is 8.80. The van der Waals surface area contributed by atoms with E-state index in [0.29, 0.717) is 35.2 Å². The molecule has 0 saturated carbocycles. The summed E-state index contributed by atoms with van der Waals surface area (Å²) in [6.07, 6.45) is -0.528. The normalized spacial score (nSPS) is 12.3. The molecule has 0 fully saturated rings. The van der Waals surface area contributed by atoms with E-state index in [1.165, 1.54) is 5.56 Å². The summed E-state index contributed by atoms with van der Waals surface area (Å²) >= 11 is 0. The summed E-state index contributed by atoms with van der Waals surface area (Å²) < 4.78 is 11.6. The standard InChI is InChI=1S/C30H30N2O5/c1-5-26(30(33)34)37-27-16-15-24(17-20(27)3)28(22-9-7-6-8-10-22)32-35-18-25-21(4)36-29(31-25)23-13-11-19(2)12-14-23/h6-17,26H,5,18H2,1-4H3,(H,33,34). The number of hydrogen-bond acceptors (Lipinski definition) is 6. The number of ether oxygens (including phenoxy) is 1. The molecule has 0 aliphatic carbocycles. The molecule has 1 aromatic heterocycles. The van der Waals surface area contributed by atoms with Crippen LogP contribution in [0.25, 0.3) is 11.5 Å². The summed E-state index contributed by atoms with van der Waals surface area (Å²) in [5.41, 5.74) is 5.88. The number of carboxylic acid groups (broad SMARTS) is 1. The molecule has 0 aliphatic heterocycles. The van der Waals surface area contributed by atoms with Gasteiger partial charge in [0.05, 0.1) is 0 Å². The highest BCUT2D eigenvalue weighted by Gasteiger charge is 2.19. The molecule has 1 heterocycles. The van der Waals surface area contributed by atoms with Crippen molar-refractivity contribution in [2.75, 3.05) is 0 Å². The largest absolute Gasteiger partial charge is 0.479 e. The van der Waals surface area contributed by atoms with E-state index >= 15 is 0 Å². The van der Waals surface area contributed by atoms with Crippen molar-refractivity contribution in [2.24, 2.45) is 5.16 Å². The third kappa shape index (κ3) is 6.25. The van der Waals surface area contributed by atoms with E-state index in [-0.39, 0.29) is 6.61 Å². The second kappa shape index (κ2) is 11.6. The first-order valence-electron chi connectivity index (χ1n) is 12.1. The number of hydrogen-bond donors (Lipinski definition) is 1. The molecule has 0 saturated heterocycles. The highest BCUT2D eigenvalue weighted by Crippen LogP contribution is 2.25. The van der Waals surface area contributed by atoms with Crippen LogP contribution in [0, 0.1) is 20.8 Å². The number of aliphatic carboxylic acids is 1. The highest BCUT2D eigenvalue weighted by molar-refractivity contribution is 6.12. The van der Waals surface area contributed by atoms with Gasteiger partial charge in [0.25, 0.3) is 0 Å².